The molecule has 17 heavy (non-hydrogen) atoms. The maximum absolute atomic E-state index is 6.43. The molecule has 0 radical (unpaired) electrons. The van der Waals surface area contributed by atoms with Crippen molar-refractivity contribution in [2.24, 2.45) is 0 Å². The number of hydrogen-bond donors (Lipinski definition) is 0. The Bertz CT molecular complexity index is 547. The Labute approximate surface area is 124 Å². The molecule has 0 fully saturated rings. The van der Waals surface area contributed by atoms with Crippen molar-refractivity contribution in [3.8, 4) is 0 Å². The highest BCUT2D eigenvalue weighted by molar-refractivity contribution is 7.20. The third kappa shape index (κ3) is 2.74. The molecule has 0 aliphatic carbocycles. The van der Waals surface area contributed by atoms with Crippen molar-refractivity contribution in [2.45, 2.75) is 12.3 Å². The van der Waals surface area contributed by atoms with Crippen LogP contribution >= 0.6 is 57.7 Å². The van der Waals surface area contributed by atoms with Crippen molar-refractivity contribution < 1.29 is 0 Å². The van der Waals surface area contributed by atoms with Crippen LogP contribution in [0.3, 0.4) is 0 Å². The normalized spacial score (nSPS) is 12.8. The van der Waals surface area contributed by atoms with Gasteiger partial charge in [0.25, 0.3) is 0 Å². The highest BCUT2D eigenvalue weighted by Crippen LogP contribution is 2.42. The van der Waals surface area contributed by atoms with Crippen LogP contribution in [0.4, 0.5) is 0 Å². The summed E-state index contributed by atoms with van der Waals surface area (Å²) in [6.07, 6.45) is 0. The molecule has 0 nitrogen and oxygen atoms in total. The molecule has 5 heteroatoms. The summed E-state index contributed by atoms with van der Waals surface area (Å²) in [4.78, 5) is 0. The van der Waals surface area contributed by atoms with Crippen molar-refractivity contribution in [3.63, 3.8) is 0 Å². The molecule has 1 heterocycles. The lowest BCUT2D eigenvalue weighted by Crippen LogP contribution is -1.95. The monoisotopic (exact) mass is 324 g/mol. The second-order valence-electron chi connectivity index (χ2n) is 3.60. The summed E-state index contributed by atoms with van der Waals surface area (Å²) in [5.74, 6) is 0. The summed E-state index contributed by atoms with van der Waals surface area (Å²) in [5.41, 5.74) is 2.75. The summed E-state index contributed by atoms with van der Waals surface area (Å²) in [5, 5.41) is 0.371. The summed E-state index contributed by atoms with van der Waals surface area (Å²) in [6, 6.07) is 7.46. The fourth-order valence-electron chi connectivity index (χ4n) is 1.59. The molecule has 0 aliphatic heterocycles. The summed E-state index contributed by atoms with van der Waals surface area (Å²) in [7, 11) is 0. The van der Waals surface area contributed by atoms with Gasteiger partial charge in [0, 0.05) is 10.6 Å². The number of halogens is 4. The van der Waals surface area contributed by atoms with E-state index in [0.29, 0.717) is 13.7 Å². The van der Waals surface area contributed by atoms with Gasteiger partial charge in [-0.1, -0.05) is 46.9 Å². The minimum absolute atomic E-state index is 0.329. The van der Waals surface area contributed by atoms with Crippen LogP contribution in [0.15, 0.2) is 24.3 Å². The molecule has 90 valence electrons. The molecular formula is C12H8Cl4S. The molecule has 0 saturated carbocycles. The first kappa shape index (κ1) is 13.5. The third-order valence-electron chi connectivity index (χ3n) is 2.54. The van der Waals surface area contributed by atoms with Gasteiger partial charge in [-0.2, -0.15) is 0 Å². The van der Waals surface area contributed by atoms with Crippen LogP contribution in [0, 0.1) is 6.92 Å². The third-order valence-corrected chi connectivity index (χ3v) is 4.94. The zero-order valence-electron chi connectivity index (χ0n) is 8.81. The van der Waals surface area contributed by atoms with Gasteiger partial charge in [0.05, 0.1) is 14.0 Å². The quantitative estimate of drug-likeness (QED) is 0.565. The van der Waals surface area contributed by atoms with Crippen LogP contribution in [0.1, 0.15) is 22.1 Å². The Morgan fingerprint density at radius 3 is 2.41 bits per heavy atom. The maximum atomic E-state index is 6.43. The van der Waals surface area contributed by atoms with Crippen LogP contribution < -0.4 is 0 Å². The van der Waals surface area contributed by atoms with Gasteiger partial charge in [-0.3, -0.25) is 0 Å². The van der Waals surface area contributed by atoms with E-state index in [1.54, 1.807) is 6.07 Å². The number of rotatable bonds is 2. The van der Waals surface area contributed by atoms with Gasteiger partial charge < -0.3 is 0 Å². The first-order valence-corrected chi connectivity index (χ1v) is 7.23. The maximum Gasteiger partial charge on any atom is 0.0994 e. The van der Waals surface area contributed by atoms with Crippen LogP contribution in [0.25, 0.3) is 0 Å². The van der Waals surface area contributed by atoms with E-state index < -0.39 is 0 Å². The van der Waals surface area contributed by atoms with E-state index >= 15 is 0 Å². The Balaban J connectivity index is 2.47. The Morgan fingerprint density at radius 2 is 1.82 bits per heavy atom. The fourth-order valence-corrected chi connectivity index (χ4v) is 3.84. The lowest BCUT2D eigenvalue weighted by Gasteiger charge is -2.13. The van der Waals surface area contributed by atoms with Gasteiger partial charge in [-0.05, 0) is 30.2 Å². The molecule has 2 aromatic rings. The van der Waals surface area contributed by atoms with Crippen LogP contribution in [0.5, 0.6) is 0 Å². The highest BCUT2D eigenvalue weighted by atomic mass is 35.5. The average Bonchev–Trinajstić information content (AvgIpc) is 2.61. The lowest BCUT2D eigenvalue weighted by atomic mass is 10.0. The second-order valence-corrected chi connectivity index (χ2v) is 6.73. The minimum Gasteiger partial charge on any atom is -0.112 e. The van der Waals surface area contributed by atoms with Crippen LogP contribution in [-0.4, -0.2) is 0 Å². The predicted molar refractivity (Wildman–Crippen MR) is 78.2 cm³/mol. The second kappa shape index (κ2) is 5.38. The number of thiophene rings is 1. The van der Waals surface area contributed by atoms with Crippen LogP contribution in [-0.2, 0) is 0 Å². The lowest BCUT2D eigenvalue weighted by molar-refractivity contribution is 1.12. The van der Waals surface area contributed by atoms with E-state index in [-0.39, 0.29) is 5.38 Å². The molecule has 2 rings (SSSR count). The van der Waals surface area contributed by atoms with E-state index in [9.17, 15) is 0 Å². The van der Waals surface area contributed by atoms with Gasteiger partial charge in [0.2, 0.25) is 0 Å². The zero-order chi connectivity index (χ0) is 12.6. The molecule has 1 atom stereocenters. The average molecular weight is 326 g/mol. The Morgan fingerprint density at radius 1 is 1.12 bits per heavy atom. The van der Waals surface area contributed by atoms with E-state index in [2.05, 4.69) is 0 Å². The Kier molecular flexibility index (Phi) is 4.27. The SMILES string of the molecule is Cc1c(Cl)cccc1C(Cl)c1cc(Cl)sc1Cl. The van der Waals surface area contributed by atoms with Crippen molar-refractivity contribution in [1.29, 1.82) is 0 Å². The first-order chi connectivity index (χ1) is 8.00. The predicted octanol–water partition coefficient (Wildman–Crippen LogP) is 6.34. The Hall–Kier alpha value is 0.0800. The van der Waals surface area contributed by atoms with Gasteiger partial charge in [0.15, 0.2) is 0 Å². The van der Waals surface area contributed by atoms with E-state index in [4.69, 9.17) is 46.4 Å². The van der Waals surface area contributed by atoms with E-state index in [1.165, 1.54) is 11.3 Å². The van der Waals surface area contributed by atoms with Crippen molar-refractivity contribution in [2.75, 3.05) is 0 Å². The molecule has 0 aliphatic rings. The number of alkyl halides is 1. The topological polar surface area (TPSA) is 0 Å². The van der Waals surface area contributed by atoms with Crippen LogP contribution in [0.2, 0.25) is 13.7 Å². The summed E-state index contributed by atoms with van der Waals surface area (Å²) in [6.45, 7) is 1.94. The molecule has 1 aromatic carbocycles. The van der Waals surface area contributed by atoms with E-state index in [1.807, 2.05) is 25.1 Å². The summed E-state index contributed by atoms with van der Waals surface area (Å²) >= 11 is 25.8. The molecular weight excluding hydrogens is 318 g/mol. The van der Waals surface area contributed by atoms with E-state index in [0.717, 1.165) is 16.7 Å². The molecule has 0 amide bonds. The molecule has 0 N–H and O–H groups in total. The molecule has 0 saturated heterocycles. The van der Waals surface area contributed by atoms with Crippen molar-refractivity contribution >= 4 is 57.7 Å². The number of benzene rings is 1. The smallest absolute Gasteiger partial charge is 0.0994 e. The number of hydrogen-bond acceptors (Lipinski definition) is 1. The molecule has 1 unspecified atom stereocenters. The largest absolute Gasteiger partial charge is 0.112 e. The highest BCUT2D eigenvalue weighted by Gasteiger charge is 2.19. The minimum atomic E-state index is -0.329. The van der Waals surface area contributed by atoms with Gasteiger partial charge in [-0.15, -0.1) is 22.9 Å². The van der Waals surface area contributed by atoms with Crippen molar-refractivity contribution in [1.82, 2.24) is 0 Å². The summed E-state index contributed by atoms with van der Waals surface area (Å²) < 4.78 is 1.25. The zero-order valence-corrected chi connectivity index (χ0v) is 12.6. The molecule has 0 spiro atoms. The van der Waals surface area contributed by atoms with Gasteiger partial charge >= 0.3 is 0 Å². The molecule has 1 aromatic heterocycles. The standard InChI is InChI=1S/C12H8Cl4S/c1-6-7(3-2-4-9(6)13)11(15)8-5-10(14)17-12(8)16/h2-5,11H,1H3. The fraction of sp³-hybridized carbons (Fsp3) is 0.167. The van der Waals surface area contributed by atoms with Crippen molar-refractivity contribution in [3.05, 3.63) is 54.7 Å². The first-order valence-electron chi connectivity index (χ1n) is 4.84. The van der Waals surface area contributed by atoms with Gasteiger partial charge in [0.1, 0.15) is 0 Å². The molecule has 0 bridgehead atoms. The van der Waals surface area contributed by atoms with Gasteiger partial charge in [-0.25, -0.2) is 0 Å².